The van der Waals surface area contributed by atoms with Crippen LogP contribution in [0.3, 0.4) is 0 Å². The number of anilines is 5. The van der Waals surface area contributed by atoms with Crippen molar-refractivity contribution in [2.24, 2.45) is 0 Å². The monoisotopic (exact) mass is 1170 g/mol. The fourth-order valence-corrected chi connectivity index (χ4v) is 7.05. The number of carbonyl (C=O) groups is 3. The third kappa shape index (κ3) is 19.1. The molecular formula is C51H43Cl4LiN18O7. The minimum Gasteiger partial charge on any atom is -0.870 e. The summed E-state index contributed by atoms with van der Waals surface area (Å²) in [5.41, 5.74) is 11.9. The summed E-state index contributed by atoms with van der Waals surface area (Å²) in [6.07, 6.45) is 13.9. The molecule has 0 saturated heterocycles. The second kappa shape index (κ2) is 32.4. The number of benzene rings is 3. The van der Waals surface area contributed by atoms with Crippen LogP contribution in [0.5, 0.6) is 0 Å². The molecule has 0 radical (unpaired) electrons. The molecule has 9 rings (SSSR count). The predicted molar refractivity (Wildman–Crippen MR) is 295 cm³/mol. The maximum Gasteiger partial charge on any atom is 1.00 e. The summed E-state index contributed by atoms with van der Waals surface area (Å²) in [6.45, 7) is 0.558. The van der Waals surface area contributed by atoms with Gasteiger partial charge in [0.1, 0.15) is 19.6 Å². The normalized spacial score (nSPS) is 9.67. The van der Waals surface area contributed by atoms with E-state index in [9.17, 15) is 14.4 Å². The van der Waals surface area contributed by atoms with Crippen molar-refractivity contribution >= 4 is 93.3 Å². The first-order chi connectivity index (χ1) is 37.6. The smallest absolute Gasteiger partial charge is 0.870 e. The van der Waals surface area contributed by atoms with Gasteiger partial charge < -0.3 is 36.4 Å². The van der Waals surface area contributed by atoms with Crippen molar-refractivity contribution in [2.75, 3.05) is 30.6 Å². The molecule has 0 saturated carbocycles. The Kier molecular flexibility index (Phi) is 26.4. The molecule has 81 heavy (non-hydrogen) atoms. The van der Waals surface area contributed by atoms with Gasteiger partial charge in [-0.3, -0.25) is 14.0 Å². The van der Waals surface area contributed by atoms with Crippen molar-refractivity contribution in [1.29, 1.82) is 15.8 Å². The first kappa shape index (κ1) is 65.8. The molecule has 0 amide bonds. The Balaban J connectivity index is 0.000000294. The molecule has 0 spiro atoms. The van der Waals surface area contributed by atoms with Crippen LogP contribution in [-0.4, -0.2) is 102 Å². The second-order valence-electron chi connectivity index (χ2n) is 15.2. The minimum absolute atomic E-state index is 0. The van der Waals surface area contributed by atoms with Gasteiger partial charge in [-0.1, -0.05) is 78.6 Å². The summed E-state index contributed by atoms with van der Waals surface area (Å²) in [5.74, 6) is -1.18. The minimum atomic E-state index is -1.00. The summed E-state index contributed by atoms with van der Waals surface area (Å²) >= 11 is 24.1. The zero-order valence-electron chi connectivity index (χ0n) is 42.0. The number of nitrogens with zero attached hydrogens (tertiary/aromatic N) is 15. The number of nitrogen functional groups attached to an aromatic ring is 1. The quantitative estimate of drug-likeness (QED) is 0.0530. The largest absolute Gasteiger partial charge is 1.00 e. The number of nitrogens with two attached hydrogens (primary N) is 1. The van der Waals surface area contributed by atoms with Crippen molar-refractivity contribution in [2.45, 2.75) is 27.1 Å². The maximum atomic E-state index is 11.5. The van der Waals surface area contributed by atoms with Gasteiger partial charge in [0.15, 0.2) is 0 Å². The molecule has 25 nitrogen and oxygen atoms in total. The average Bonchev–Trinajstić information content (AvgIpc) is 4.25. The first-order valence-electron chi connectivity index (χ1n) is 22.0. The number of halogens is 4. The summed E-state index contributed by atoms with van der Waals surface area (Å²) in [4.78, 5) is 58.6. The zero-order valence-corrected chi connectivity index (χ0v) is 45.0. The Labute approximate surface area is 494 Å². The Morgan fingerprint density at radius 3 is 1.25 bits per heavy atom. The van der Waals surface area contributed by atoms with Gasteiger partial charge in [-0.2, -0.15) is 31.1 Å². The van der Waals surface area contributed by atoms with Gasteiger partial charge in [-0.05, 0) is 48.0 Å². The van der Waals surface area contributed by atoms with Crippen LogP contribution in [-0.2, 0) is 29.1 Å². The van der Waals surface area contributed by atoms with E-state index in [0.717, 1.165) is 11.1 Å². The molecule has 6 heterocycles. The van der Waals surface area contributed by atoms with E-state index in [4.69, 9.17) is 73.0 Å². The van der Waals surface area contributed by atoms with Gasteiger partial charge in [0.05, 0.1) is 136 Å². The van der Waals surface area contributed by atoms with E-state index in [1.807, 2.05) is 18.2 Å². The molecule has 0 fully saturated rings. The van der Waals surface area contributed by atoms with Crippen molar-refractivity contribution in [1.82, 2.24) is 59.2 Å². The van der Waals surface area contributed by atoms with Crippen LogP contribution in [0.25, 0.3) is 33.8 Å². The fraction of sp³-hybridized carbons (Fsp3) is 0.118. The molecule has 0 aliphatic heterocycles. The third-order valence-corrected chi connectivity index (χ3v) is 10.9. The first-order valence-corrected chi connectivity index (χ1v) is 23.5. The molecule has 0 aliphatic rings. The predicted octanol–water partition coefficient (Wildman–Crippen LogP) is 6.70. The third-order valence-electron chi connectivity index (χ3n) is 9.90. The standard InChI is InChI=1S/C17H13ClN6O2.C16H11ClN6O2.C12H8Cl2N2O2.C5H6N4.CH4.Li.H2O/c1-26-16(25)12-4-2-11(3-5-12)15-14(18)9-20-17(23-15)22-13-8-21-24(10-13)7-6-19;17-13-8-19-16(21-12-7-20-23(9-12)6-5-18)22-14(13)10-1-3-11(4-2-10)15(24)25;1-18-11(17)8-4-2-7(3-5-8)10-9(13)6-15-12(14)16-10;6-1-2-9-4-5(7)3-8-9;;;/h2-5,8-10H,7H2,1H3,(H,20,22,23);1-4,7-9H,6H2,(H,24,25)(H,19,21,22);2-6H,1H3;3-4H,2,7H2;1H4;;1H2/q;;;;;+1;/p-1. The van der Waals surface area contributed by atoms with Crippen LogP contribution >= 0.6 is 46.4 Å². The SMILES string of the molecule is C.COC(=O)c1ccc(-c2nc(Cl)ncc2Cl)cc1.COC(=O)c1ccc(-c2nc(Nc3cnn(CC#N)c3)ncc2Cl)cc1.N#CCn1cc(N)cn1.N#CCn1cc(Nc2ncc(Cl)c(-c3ccc(C(=O)O)cc3)n2)cn1.[Li+].[OH-]. The van der Waals surface area contributed by atoms with E-state index in [1.54, 1.807) is 91.6 Å². The number of nitrogens with one attached hydrogen (secondary N) is 2. The molecule has 6 aromatic heterocycles. The van der Waals surface area contributed by atoms with Gasteiger partial charge in [0, 0.05) is 35.3 Å². The maximum absolute atomic E-state index is 11.5. The van der Waals surface area contributed by atoms with Gasteiger partial charge in [0.25, 0.3) is 0 Å². The number of hydrogen-bond acceptors (Lipinski definition) is 21. The second-order valence-corrected chi connectivity index (χ2v) is 16.7. The van der Waals surface area contributed by atoms with Crippen LogP contribution in [0, 0.1) is 34.0 Å². The van der Waals surface area contributed by atoms with Gasteiger partial charge in [-0.15, -0.1) is 0 Å². The van der Waals surface area contributed by atoms with Crippen molar-refractivity contribution in [3.05, 3.63) is 166 Å². The molecule has 0 aliphatic carbocycles. The van der Waals surface area contributed by atoms with Crippen LogP contribution in [0.1, 0.15) is 38.5 Å². The molecule has 6 N–H and O–H groups in total. The van der Waals surface area contributed by atoms with Gasteiger partial charge >= 0.3 is 36.8 Å². The van der Waals surface area contributed by atoms with E-state index in [2.05, 4.69) is 65.3 Å². The van der Waals surface area contributed by atoms with Crippen LogP contribution in [0.4, 0.5) is 29.0 Å². The molecule has 0 unspecified atom stereocenters. The topological polar surface area (TPSA) is 372 Å². The number of rotatable bonds is 13. The number of ether oxygens (including phenoxy) is 2. The Hall–Kier alpha value is -9.47. The summed E-state index contributed by atoms with van der Waals surface area (Å²) in [7, 11) is 2.66. The van der Waals surface area contributed by atoms with Gasteiger partial charge in [0.2, 0.25) is 17.2 Å². The summed E-state index contributed by atoms with van der Waals surface area (Å²) in [5, 5.41) is 53.5. The molecule has 30 heteroatoms. The van der Waals surface area contributed by atoms with E-state index in [1.165, 1.54) is 65.2 Å². The summed E-state index contributed by atoms with van der Waals surface area (Å²) in [6, 6.07) is 25.6. The number of carbonyl (C=O) groups excluding carboxylic acids is 2. The van der Waals surface area contributed by atoms with Crippen molar-refractivity contribution < 1.29 is 53.3 Å². The molecule has 0 atom stereocenters. The molecule has 408 valence electrons. The van der Waals surface area contributed by atoms with Crippen LogP contribution in [0.15, 0.2) is 129 Å². The number of esters is 2. The molecule has 9 aromatic rings. The fourth-order valence-electron chi connectivity index (χ4n) is 6.31. The number of methoxy groups -OCH3 is 2. The number of carboxylic acid groups (broad SMARTS) is 1. The van der Waals surface area contributed by atoms with Gasteiger partial charge in [-0.25, -0.2) is 44.3 Å². The van der Waals surface area contributed by atoms with Crippen LogP contribution in [0.2, 0.25) is 20.4 Å². The Bertz CT molecular complexity index is 3680. The zero-order chi connectivity index (χ0) is 56.1. The molecule has 3 aromatic carbocycles. The van der Waals surface area contributed by atoms with E-state index >= 15 is 0 Å². The Morgan fingerprint density at radius 2 is 0.901 bits per heavy atom. The summed E-state index contributed by atoms with van der Waals surface area (Å²) < 4.78 is 13.7. The van der Waals surface area contributed by atoms with E-state index < -0.39 is 17.9 Å². The van der Waals surface area contributed by atoms with E-state index in [-0.39, 0.29) is 62.2 Å². The molecule has 0 bridgehead atoms. The number of hydrogen-bond donors (Lipinski definition) is 4. The van der Waals surface area contributed by atoms with Crippen molar-refractivity contribution in [3.8, 4) is 52.0 Å². The van der Waals surface area contributed by atoms with Crippen LogP contribution < -0.4 is 35.2 Å². The van der Waals surface area contributed by atoms with E-state index in [0.29, 0.717) is 77.8 Å². The number of aromatic carboxylic acids is 1. The molecular weight excluding hydrogens is 1130 g/mol. The number of nitriles is 3. The number of carboxylic acids is 1. The average molecular weight is 1170 g/mol. The Morgan fingerprint density at radius 1 is 0.556 bits per heavy atom. The van der Waals surface area contributed by atoms with Crippen molar-refractivity contribution in [3.63, 3.8) is 0 Å². The number of aromatic nitrogens is 12.